The molecule has 1 aromatic rings. The maximum Gasteiger partial charge on any atom is 0.240 e. The van der Waals surface area contributed by atoms with E-state index in [0.29, 0.717) is 37.6 Å². The third-order valence-electron chi connectivity index (χ3n) is 3.95. The largest absolute Gasteiger partial charge is 0.486 e. The number of ether oxygens (including phenoxy) is 2. The Hall–Kier alpha value is -1.31. The molecule has 3 rings (SSSR count). The van der Waals surface area contributed by atoms with Crippen molar-refractivity contribution in [2.45, 2.75) is 36.2 Å². The van der Waals surface area contributed by atoms with Crippen LogP contribution in [0.2, 0.25) is 0 Å². The molecule has 1 aromatic carbocycles. The molecule has 0 bridgehead atoms. The molecule has 21 heavy (non-hydrogen) atoms. The van der Waals surface area contributed by atoms with Crippen LogP contribution in [0.5, 0.6) is 11.5 Å². The summed E-state index contributed by atoms with van der Waals surface area (Å²) in [5, 5.41) is 10.2. The van der Waals surface area contributed by atoms with Crippen molar-refractivity contribution in [1.29, 1.82) is 0 Å². The summed E-state index contributed by atoms with van der Waals surface area (Å²) in [4.78, 5) is 0.119. The molecular formula is C14H19NO5S. The van der Waals surface area contributed by atoms with Gasteiger partial charge in [0, 0.05) is 12.6 Å². The van der Waals surface area contributed by atoms with E-state index < -0.39 is 15.6 Å². The zero-order valence-electron chi connectivity index (χ0n) is 11.7. The number of hydrogen-bond donors (Lipinski definition) is 2. The van der Waals surface area contributed by atoms with E-state index in [0.717, 1.165) is 12.8 Å². The molecule has 1 heterocycles. The Morgan fingerprint density at radius 3 is 2.52 bits per heavy atom. The molecule has 6 nitrogen and oxygen atoms in total. The normalized spacial score (nSPS) is 20.4. The Morgan fingerprint density at radius 1 is 1.14 bits per heavy atom. The van der Waals surface area contributed by atoms with Gasteiger partial charge in [-0.05, 0) is 25.0 Å². The Kier molecular flexibility index (Phi) is 3.81. The van der Waals surface area contributed by atoms with Crippen LogP contribution in [0.1, 0.15) is 25.7 Å². The zero-order chi connectivity index (χ0) is 14.9. The van der Waals surface area contributed by atoms with Crippen LogP contribution >= 0.6 is 0 Å². The van der Waals surface area contributed by atoms with Gasteiger partial charge in [0.25, 0.3) is 0 Å². The van der Waals surface area contributed by atoms with Gasteiger partial charge in [0.15, 0.2) is 11.5 Å². The Morgan fingerprint density at radius 2 is 1.81 bits per heavy atom. The predicted octanol–water partition coefficient (Wildman–Crippen LogP) is 1.04. The molecular weight excluding hydrogens is 294 g/mol. The summed E-state index contributed by atoms with van der Waals surface area (Å²) < 4.78 is 37.8. The van der Waals surface area contributed by atoms with Crippen LogP contribution in [0.15, 0.2) is 23.1 Å². The molecule has 1 saturated carbocycles. The van der Waals surface area contributed by atoms with Crippen molar-refractivity contribution in [3.63, 3.8) is 0 Å². The maximum atomic E-state index is 12.3. The van der Waals surface area contributed by atoms with Gasteiger partial charge in [0.1, 0.15) is 13.2 Å². The number of hydrogen-bond acceptors (Lipinski definition) is 5. The number of sulfonamides is 1. The van der Waals surface area contributed by atoms with Crippen molar-refractivity contribution in [1.82, 2.24) is 4.72 Å². The second-order valence-corrected chi connectivity index (χ2v) is 7.33. The third kappa shape index (κ3) is 3.14. The third-order valence-corrected chi connectivity index (χ3v) is 5.35. The molecule has 116 valence electrons. The summed E-state index contributed by atoms with van der Waals surface area (Å²) in [6.45, 7) is 0.915. The monoisotopic (exact) mass is 313 g/mol. The second kappa shape index (κ2) is 5.47. The highest BCUT2D eigenvalue weighted by Gasteiger charge is 2.32. The Labute approximate surface area is 124 Å². The fraction of sp³-hybridized carbons (Fsp3) is 0.571. The number of aliphatic hydroxyl groups is 1. The van der Waals surface area contributed by atoms with Crippen molar-refractivity contribution < 1.29 is 23.0 Å². The van der Waals surface area contributed by atoms with E-state index in [1.54, 1.807) is 6.07 Å². The first kappa shape index (κ1) is 14.6. The average Bonchev–Trinajstić information content (AvgIpc) is 2.92. The van der Waals surface area contributed by atoms with Crippen molar-refractivity contribution in [3.05, 3.63) is 18.2 Å². The minimum atomic E-state index is -3.66. The quantitative estimate of drug-likeness (QED) is 0.867. The van der Waals surface area contributed by atoms with Gasteiger partial charge in [0.05, 0.1) is 10.5 Å². The molecule has 2 aliphatic rings. The Bertz CT molecular complexity index is 622. The lowest BCUT2D eigenvalue weighted by atomic mass is 10.0. The molecule has 1 aliphatic heterocycles. The van der Waals surface area contributed by atoms with Crippen LogP contribution in [-0.4, -0.2) is 38.9 Å². The molecule has 2 N–H and O–H groups in total. The van der Waals surface area contributed by atoms with Crippen LogP contribution in [0.25, 0.3) is 0 Å². The fourth-order valence-electron chi connectivity index (χ4n) is 2.71. The first-order valence-corrected chi connectivity index (χ1v) is 8.59. The van der Waals surface area contributed by atoms with E-state index in [1.165, 1.54) is 12.1 Å². The zero-order valence-corrected chi connectivity index (χ0v) is 12.5. The molecule has 0 unspecified atom stereocenters. The number of fused-ring (bicyclic) bond motifs is 1. The van der Waals surface area contributed by atoms with Gasteiger partial charge < -0.3 is 14.6 Å². The lowest BCUT2D eigenvalue weighted by Gasteiger charge is -2.23. The summed E-state index contributed by atoms with van der Waals surface area (Å²) in [5.41, 5.74) is -0.916. The summed E-state index contributed by atoms with van der Waals surface area (Å²) in [6, 6.07) is 4.53. The van der Waals surface area contributed by atoms with E-state index in [2.05, 4.69) is 4.72 Å². The number of nitrogens with one attached hydrogen (secondary N) is 1. The summed E-state index contributed by atoms with van der Waals surface area (Å²) in [5.74, 6) is 0.985. The van der Waals surface area contributed by atoms with Crippen LogP contribution in [0.3, 0.4) is 0 Å². The number of benzene rings is 1. The molecule has 0 amide bonds. The Balaban J connectivity index is 1.75. The molecule has 0 aromatic heterocycles. The van der Waals surface area contributed by atoms with Crippen LogP contribution in [0, 0.1) is 0 Å². The molecule has 1 fully saturated rings. The van der Waals surface area contributed by atoms with Gasteiger partial charge in [-0.25, -0.2) is 13.1 Å². The lowest BCUT2D eigenvalue weighted by Crippen LogP contribution is -2.40. The van der Waals surface area contributed by atoms with E-state index in [-0.39, 0.29) is 11.4 Å². The van der Waals surface area contributed by atoms with E-state index in [4.69, 9.17) is 9.47 Å². The second-order valence-electron chi connectivity index (χ2n) is 5.56. The summed E-state index contributed by atoms with van der Waals surface area (Å²) >= 11 is 0. The van der Waals surface area contributed by atoms with Gasteiger partial charge >= 0.3 is 0 Å². The van der Waals surface area contributed by atoms with Crippen LogP contribution in [-0.2, 0) is 10.0 Å². The van der Waals surface area contributed by atoms with Gasteiger partial charge in [-0.15, -0.1) is 0 Å². The van der Waals surface area contributed by atoms with Crippen molar-refractivity contribution in [2.24, 2.45) is 0 Å². The van der Waals surface area contributed by atoms with Crippen LogP contribution < -0.4 is 14.2 Å². The molecule has 1 aliphatic carbocycles. The van der Waals surface area contributed by atoms with Crippen molar-refractivity contribution >= 4 is 10.0 Å². The highest BCUT2D eigenvalue weighted by molar-refractivity contribution is 7.89. The molecule has 0 spiro atoms. The van der Waals surface area contributed by atoms with Crippen molar-refractivity contribution in [2.75, 3.05) is 19.8 Å². The maximum absolute atomic E-state index is 12.3. The van der Waals surface area contributed by atoms with E-state index in [1.807, 2.05) is 0 Å². The van der Waals surface area contributed by atoms with Gasteiger partial charge in [-0.2, -0.15) is 0 Å². The first-order chi connectivity index (χ1) is 9.99. The standard InChI is InChI=1S/C14H19NO5S/c16-14(5-1-2-6-14)10-15-21(17,18)11-3-4-12-13(9-11)20-8-7-19-12/h3-4,9,15-16H,1-2,5-8,10H2. The molecule has 0 saturated heterocycles. The first-order valence-electron chi connectivity index (χ1n) is 7.10. The molecule has 0 atom stereocenters. The summed E-state index contributed by atoms with van der Waals surface area (Å²) in [7, 11) is -3.66. The SMILES string of the molecule is O=S(=O)(NCC1(O)CCCC1)c1ccc2c(c1)OCCO2. The highest BCUT2D eigenvalue weighted by atomic mass is 32.2. The minimum absolute atomic E-state index is 0.0454. The minimum Gasteiger partial charge on any atom is -0.486 e. The van der Waals surface area contributed by atoms with Crippen LogP contribution in [0.4, 0.5) is 0 Å². The fourth-order valence-corrected chi connectivity index (χ4v) is 3.85. The number of rotatable bonds is 4. The average molecular weight is 313 g/mol. The van der Waals surface area contributed by atoms with Crippen molar-refractivity contribution in [3.8, 4) is 11.5 Å². The summed E-state index contributed by atoms with van der Waals surface area (Å²) in [6.07, 6.45) is 3.14. The molecule has 0 radical (unpaired) electrons. The predicted molar refractivity (Wildman–Crippen MR) is 76.0 cm³/mol. The van der Waals surface area contributed by atoms with Gasteiger partial charge in [-0.3, -0.25) is 0 Å². The van der Waals surface area contributed by atoms with Gasteiger partial charge in [-0.1, -0.05) is 12.8 Å². The van der Waals surface area contributed by atoms with E-state index in [9.17, 15) is 13.5 Å². The topological polar surface area (TPSA) is 84.9 Å². The highest BCUT2D eigenvalue weighted by Crippen LogP contribution is 2.33. The lowest BCUT2D eigenvalue weighted by molar-refractivity contribution is 0.0532. The van der Waals surface area contributed by atoms with Gasteiger partial charge in [0.2, 0.25) is 10.0 Å². The van der Waals surface area contributed by atoms with E-state index >= 15 is 0 Å². The molecule has 7 heteroatoms. The smallest absolute Gasteiger partial charge is 0.240 e.